The van der Waals surface area contributed by atoms with Crippen molar-refractivity contribution in [3.05, 3.63) is 40.9 Å². The summed E-state index contributed by atoms with van der Waals surface area (Å²) < 4.78 is 27.3. The molecule has 1 aromatic rings. The molecule has 0 aromatic heterocycles. The van der Waals surface area contributed by atoms with Gasteiger partial charge in [-0.1, -0.05) is 22.5 Å². The molecule has 0 radical (unpaired) electrons. The number of carbonyl (C=O) groups excluding carboxylic acids is 1. The Kier molecular flexibility index (Phi) is 6.15. The summed E-state index contributed by atoms with van der Waals surface area (Å²) >= 11 is 3.18. The van der Waals surface area contributed by atoms with Gasteiger partial charge in [0.25, 0.3) is 0 Å². The molecule has 1 saturated heterocycles. The molecule has 0 saturated carbocycles. The molecule has 1 amide bonds. The van der Waals surface area contributed by atoms with Gasteiger partial charge < -0.3 is 5.32 Å². The van der Waals surface area contributed by atoms with Crippen LogP contribution in [-0.4, -0.2) is 38.3 Å². The maximum absolute atomic E-state index is 12.6. The summed E-state index contributed by atoms with van der Waals surface area (Å²) in [5.74, 6) is -0.268. The Labute approximate surface area is 150 Å². The monoisotopic (exact) mass is 411 g/mol. The third-order valence-corrected chi connectivity index (χ3v) is 6.09. The lowest BCUT2D eigenvalue weighted by Gasteiger charge is -2.30. The van der Waals surface area contributed by atoms with Crippen molar-refractivity contribution in [1.82, 2.24) is 9.62 Å². The Morgan fingerprint density at radius 3 is 2.42 bits per heavy atom. The first-order valence-corrected chi connectivity index (χ1v) is 9.69. The lowest BCUT2D eigenvalue weighted by molar-refractivity contribution is -0.125. The molecule has 1 aromatic carbocycles. The van der Waals surface area contributed by atoms with Gasteiger partial charge in [-0.2, -0.15) is 9.57 Å². The number of hydrogen-bond acceptors (Lipinski definition) is 4. The number of rotatable bonds is 5. The Bertz CT molecular complexity index is 761. The number of nitrogens with zero attached hydrogens (tertiary/aromatic N) is 2. The zero-order valence-electron chi connectivity index (χ0n) is 13.0. The Balaban J connectivity index is 1.99. The number of sulfonamides is 1. The van der Waals surface area contributed by atoms with E-state index >= 15 is 0 Å². The maximum atomic E-state index is 12.6. The van der Waals surface area contributed by atoms with Crippen molar-refractivity contribution < 1.29 is 13.2 Å². The summed E-state index contributed by atoms with van der Waals surface area (Å²) in [6.45, 7) is 4.62. The highest BCUT2D eigenvalue weighted by molar-refractivity contribution is 9.11. The van der Waals surface area contributed by atoms with Crippen LogP contribution in [0.25, 0.3) is 0 Å². The molecule has 8 heteroatoms. The minimum Gasteiger partial charge on any atom is -0.351 e. The van der Waals surface area contributed by atoms with Gasteiger partial charge in [0.05, 0.1) is 16.5 Å². The van der Waals surface area contributed by atoms with E-state index in [1.807, 2.05) is 6.07 Å². The van der Waals surface area contributed by atoms with E-state index in [0.717, 1.165) is 0 Å². The van der Waals surface area contributed by atoms with Gasteiger partial charge in [0.2, 0.25) is 15.9 Å². The molecule has 6 nitrogen and oxygen atoms in total. The molecule has 1 aliphatic heterocycles. The largest absolute Gasteiger partial charge is 0.351 e. The van der Waals surface area contributed by atoms with Crippen LogP contribution in [0, 0.1) is 17.2 Å². The molecule has 1 heterocycles. The lowest BCUT2D eigenvalue weighted by Crippen LogP contribution is -2.43. The van der Waals surface area contributed by atoms with Crippen LogP contribution in [0.1, 0.15) is 18.4 Å². The number of nitriles is 1. The molecule has 2 rings (SSSR count). The predicted octanol–water partition coefficient (Wildman–Crippen LogP) is 1.98. The van der Waals surface area contributed by atoms with Crippen molar-refractivity contribution in [3.63, 3.8) is 0 Å². The molecule has 24 heavy (non-hydrogen) atoms. The summed E-state index contributed by atoms with van der Waals surface area (Å²) in [6.07, 6.45) is 0.964. The van der Waals surface area contributed by atoms with Crippen LogP contribution < -0.4 is 5.32 Å². The number of halogens is 1. The van der Waals surface area contributed by atoms with Crippen LogP contribution in [-0.2, 0) is 14.8 Å². The van der Waals surface area contributed by atoms with Crippen molar-refractivity contribution in [2.75, 3.05) is 19.6 Å². The van der Waals surface area contributed by atoms with Gasteiger partial charge in [0.15, 0.2) is 0 Å². The highest BCUT2D eigenvalue weighted by Gasteiger charge is 2.31. The van der Waals surface area contributed by atoms with Crippen molar-refractivity contribution >= 4 is 31.9 Å². The second-order valence-electron chi connectivity index (χ2n) is 5.55. The van der Waals surface area contributed by atoms with Gasteiger partial charge in [0, 0.05) is 30.0 Å². The van der Waals surface area contributed by atoms with Crippen molar-refractivity contribution in [1.29, 1.82) is 5.26 Å². The zero-order valence-corrected chi connectivity index (χ0v) is 15.4. The van der Waals surface area contributed by atoms with Crippen LogP contribution in [0.4, 0.5) is 0 Å². The summed E-state index contributed by atoms with van der Waals surface area (Å²) in [4.78, 5) is 12.2. The molecule has 1 fully saturated rings. The summed E-state index contributed by atoms with van der Waals surface area (Å²) in [7, 11) is -3.59. The van der Waals surface area contributed by atoms with E-state index in [0.29, 0.717) is 42.5 Å². The van der Waals surface area contributed by atoms with Gasteiger partial charge in [-0.05, 0) is 37.1 Å². The third kappa shape index (κ3) is 4.44. The highest BCUT2D eigenvalue weighted by Crippen LogP contribution is 2.24. The number of nitrogens with one attached hydrogen (secondary N) is 1. The molecular formula is C16H18BrN3O3S. The minimum atomic E-state index is -3.59. The Hall–Kier alpha value is -1.69. The number of hydrogen-bond donors (Lipinski definition) is 1. The van der Waals surface area contributed by atoms with Crippen molar-refractivity contribution in [3.8, 4) is 6.07 Å². The van der Waals surface area contributed by atoms with Crippen LogP contribution >= 0.6 is 15.9 Å². The van der Waals surface area contributed by atoms with Crippen molar-refractivity contribution in [2.45, 2.75) is 17.7 Å². The van der Waals surface area contributed by atoms with Crippen LogP contribution in [0.2, 0.25) is 0 Å². The van der Waals surface area contributed by atoms with Crippen molar-refractivity contribution in [2.24, 2.45) is 5.92 Å². The first-order chi connectivity index (χ1) is 11.3. The standard InChI is InChI=1S/C16H18BrN3O3S/c1-12(17)11-19-16(21)14-6-8-20(9-7-14)24(22,23)15-4-2-13(10-18)3-5-15/h2-5,14H,1,6-9,11H2,(H,19,21). The smallest absolute Gasteiger partial charge is 0.243 e. The van der Waals surface area contributed by atoms with Gasteiger partial charge in [-0.3, -0.25) is 4.79 Å². The van der Waals surface area contributed by atoms with E-state index in [-0.39, 0.29) is 16.7 Å². The molecule has 0 bridgehead atoms. The third-order valence-electron chi connectivity index (χ3n) is 3.90. The number of carbonyl (C=O) groups is 1. The second-order valence-corrected chi connectivity index (χ2v) is 8.61. The van der Waals surface area contributed by atoms with E-state index < -0.39 is 10.0 Å². The number of piperidine rings is 1. The summed E-state index contributed by atoms with van der Waals surface area (Å²) in [5.41, 5.74) is 0.415. The molecule has 0 aliphatic carbocycles. The maximum Gasteiger partial charge on any atom is 0.243 e. The fourth-order valence-corrected chi connectivity index (χ4v) is 4.15. The predicted molar refractivity (Wildman–Crippen MR) is 93.7 cm³/mol. The van der Waals surface area contributed by atoms with E-state index in [1.165, 1.54) is 28.6 Å². The molecular weight excluding hydrogens is 394 g/mol. The summed E-state index contributed by atoms with van der Waals surface area (Å²) in [5, 5.41) is 11.5. The number of benzene rings is 1. The average molecular weight is 412 g/mol. The Morgan fingerprint density at radius 1 is 1.33 bits per heavy atom. The topological polar surface area (TPSA) is 90.3 Å². The molecule has 1 aliphatic rings. The molecule has 128 valence electrons. The molecule has 1 N–H and O–H groups in total. The van der Waals surface area contributed by atoms with E-state index in [1.54, 1.807) is 0 Å². The summed E-state index contributed by atoms with van der Waals surface area (Å²) in [6, 6.07) is 7.81. The highest BCUT2D eigenvalue weighted by atomic mass is 79.9. The van der Waals surface area contributed by atoms with Crippen LogP contribution in [0.15, 0.2) is 40.2 Å². The lowest BCUT2D eigenvalue weighted by atomic mass is 9.97. The first-order valence-electron chi connectivity index (χ1n) is 7.46. The van der Waals surface area contributed by atoms with Crippen LogP contribution in [0.3, 0.4) is 0 Å². The fourth-order valence-electron chi connectivity index (χ4n) is 2.54. The quantitative estimate of drug-likeness (QED) is 0.801. The molecule has 0 atom stereocenters. The van der Waals surface area contributed by atoms with E-state index in [9.17, 15) is 13.2 Å². The van der Waals surface area contributed by atoms with Crippen LogP contribution in [0.5, 0.6) is 0 Å². The molecule has 0 spiro atoms. The first kappa shape index (κ1) is 18.6. The van der Waals surface area contributed by atoms with Gasteiger partial charge in [-0.15, -0.1) is 0 Å². The average Bonchev–Trinajstić information content (AvgIpc) is 2.59. The fraction of sp³-hybridized carbons (Fsp3) is 0.375. The second kappa shape index (κ2) is 7.92. The van der Waals surface area contributed by atoms with Gasteiger partial charge in [-0.25, -0.2) is 8.42 Å². The zero-order chi connectivity index (χ0) is 17.7. The minimum absolute atomic E-state index is 0.0778. The van der Waals surface area contributed by atoms with E-state index in [4.69, 9.17) is 5.26 Å². The molecule has 0 unspecified atom stereocenters. The van der Waals surface area contributed by atoms with Gasteiger partial charge >= 0.3 is 0 Å². The SMILES string of the molecule is C=C(Br)CNC(=O)C1CCN(S(=O)(=O)c2ccc(C#N)cc2)CC1. The van der Waals surface area contributed by atoms with Gasteiger partial charge in [0.1, 0.15) is 0 Å². The van der Waals surface area contributed by atoms with E-state index in [2.05, 4.69) is 27.8 Å². The Morgan fingerprint density at radius 2 is 1.92 bits per heavy atom. The number of amides is 1. The normalized spacial score (nSPS) is 16.3.